The van der Waals surface area contributed by atoms with Crippen molar-refractivity contribution in [3.05, 3.63) is 30.1 Å². The number of rotatable bonds is 3. The van der Waals surface area contributed by atoms with E-state index < -0.39 is 0 Å². The number of hydrogen-bond acceptors (Lipinski definition) is 2. The number of nitrogens with one attached hydrogen (secondary N) is 1. The van der Waals surface area contributed by atoms with Gasteiger partial charge in [0, 0.05) is 13.1 Å². The molecule has 1 fully saturated rings. The zero-order valence-electron chi connectivity index (χ0n) is 13.6. The van der Waals surface area contributed by atoms with E-state index in [4.69, 9.17) is 4.98 Å². The zero-order valence-corrected chi connectivity index (χ0v) is 13.6. The molecule has 2 aromatic rings. The van der Waals surface area contributed by atoms with E-state index in [0.717, 1.165) is 23.2 Å². The van der Waals surface area contributed by atoms with Crippen LogP contribution in [0.3, 0.4) is 0 Å². The summed E-state index contributed by atoms with van der Waals surface area (Å²) in [5, 5.41) is 3.80. The SMILES string of the molecule is CC(NC1CCC(C)C(C)C1)c1nc2ccccc2n1C. The molecule has 3 rings (SSSR count). The lowest BCUT2D eigenvalue weighted by molar-refractivity contribution is 0.215. The second-order valence-electron chi connectivity index (χ2n) is 6.87. The molecular formula is C18H27N3. The summed E-state index contributed by atoms with van der Waals surface area (Å²) < 4.78 is 2.22. The van der Waals surface area contributed by atoms with E-state index in [9.17, 15) is 0 Å². The van der Waals surface area contributed by atoms with Crippen molar-refractivity contribution in [1.29, 1.82) is 0 Å². The number of fused-ring (bicyclic) bond motifs is 1. The first-order valence-corrected chi connectivity index (χ1v) is 8.23. The Labute approximate surface area is 127 Å². The van der Waals surface area contributed by atoms with Gasteiger partial charge in [0.2, 0.25) is 0 Å². The lowest BCUT2D eigenvalue weighted by atomic mass is 9.79. The molecule has 0 amide bonds. The molecule has 1 aliphatic carbocycles. The van der Waals surface area contributed by atoms with E-state index in [-0.39, 0.29) is 0 Å². The van der Waals surface area contributed by atoms with Crippen molar-refractivity contribution >= 4 is 11.0 Å². The van der Waals surface area contributed by atoms with Gasteiger partial charge in [0.05, 0.1) is 17.1 Å². The van der Waals surface area contributed by atoms with Crippen LogP contribution in [0.1, 0.15) is 51.9 Å². The van der Waals surface area contributed by atoms with Crippen LogP contribution in [0, 0.1) is 11.8 Å². The Bertz CT molecular complexity index is 616. The molecule has 114 valence electrons. The number of nitrogens with zero attached hydrogens (tertiary/aromatic N) is 2. The van der Waals surface area contributed by atoms with E-state index >= 15 is 0 Å². The third-order valence-electron chi connectivity index (χ3n) is 5.29. The molecule has 1 saturated carbocycles. The molecule has 4 atom stereocenters. The highest BCUT2D eigenvalue weighted by molar-refractivity contribution is 5.75. The van der Waals surface area contributed by atoms with Gasteiger partial charge in [0.1, 0.15) is 5.82 Å². The van der Waals surface area contributed by atoms with Crippen LogP contribution in [-0.4, -0.2) is 15.6 Å². The second kappa shape index (κ2) is 5.80. The fourth-order valence-electron chi connectivity index (χ4n) is 3.68. The lowest BCUT2D eigenvalue weighted by Crippen LogP contribution is -2.38. The monoisotopic (exact) mass is 285 g/mol. The predicted molar refractivity (Wildman–Crippen MR) is 88.2 cm³/mol. The minimum Gasteiger partial charge on any atom is -0.330 e. The van der Waals surface area contributed by atoms with Gasteiger partial charge < -0.3 is 9.88 Å². The van der Waals surface area contributed by atoms with Crippen molar-refractivity contribution in [2.45, 2.75) is 52.1 Å². The highest BCUT2D eigenvalue weighted by Crippen LogP contribution is 2.30. The zero-order chi connectivity index (χ0) is 15.0. The minimum atomic E-state index is 0.299. The van der Waals surface area contributed by atoms with Crippen LogP contribution >= 0.6 is 0 Å². The fourth-order valence-corrected chi connectivity index (χ4v) is 3.68. The maximum atomic E-state index is 4.81. The molecule has 1 aliphatic rings. The topological polar surface area (TPSA) is 29.9 Å². The number of imidazole rings is 1. The lowest BCUT2D eigenvalue weighted by Gasteiger charge is -2.34. The Balaban J connectivity index is 1.75. The molecule has 1 heterocycles. The van der Waals surface area contributed by atoms with Crippen LogP contribution in [-0.2, 0) is 7.05 Å². The molecule has 21 heavy (non-hydrogen) atoms. The Morgan fingerprint density at radius 1 is 1.19 bits per heavy atom. The normalized spacial score (nSPS) is 27.9. The third kappa shape index (κ3) is 2.84. The predicted octanol–water partition coefficient (Wildman–Crippen LogP) is 4.05. The quantitative estimate of drug-likeness (QED) is 0.922. The number of benzene rings is 1. The van der Waals surface area contributed by atoms with Crippen LogP contribution in [0.5, 0.6) is 0 Å². The Morgan fingerprint density at radius 3 is 2.67 bits per heavy atom. The smallest absolute Gasteiger partial charge is 0.126 e. The maximum Gasteiger partial charge on any atom is 0.126 e. The van der Waals surface area contributed by atoms with Crippen molar-refractivity contribution in [2.24, 2.45) is 18.9 Å². The van der Waals surface area contributed by atoms with E-state index in [1.807, 2.05) is 0 Å². The average molecular weight is 285 g/mol. The summed E-state index contributed by atoms with van der Waals surface area (Å²) in [6.07, 6.45) is 3.92. The maximum absolute atomic E-state index is 4.81. The van der Waals surface area contributed by atoms with Crippen molar-refractivity contribution in [3.63, 3.8) is 0 Å². The highest BCUT2D eigenvalue weighted by atomic mass is 15.1. The van der Waals surface area contributed by atoms with Crippen LogP contribution in [0.15, 0.2) is 24.3 Å². The van der Waals surface area contributed by atoms with E-state index in [2.05, 4.69) is 62.0 Å². The van der Waals surface area contributed by atoms with Gasteiger partial charge >= 0.3 is 0 Å². The number of aromatic nitrogens is 2. The van der Waals surface area contributed by atoms with Crippen LogP contribution in [0.2, 0.25) is 0 Å². The molecule has 0 saturated heterocycles. The first-order valence-electron chi connectivity index (χ1n) is 8.23. The Morgan fingerprint density at radius 2 is 1.95 bits per heavy atom. The molecule has 4 unspecified atom stereocenters. The van der Waals surface area contributed by atoms with Gasteiger partial charge in [-0.15, -0.1) is 0 Å². The van der Waals surface area contributed by atoms with E-state index in [1.54, 1.807) is 0 Å². The summed E-state index contributed by atoms with van der Waals surface area (Å²) >= 11 is 0. The summed E-state index contributed by atoms with van der Waals surface area (Å²) in [4.78, 5) is 4.81. The van der Waals surface area contributed by atoms with Gasteiger partial charge in [0.25, 0.3) is 0 Å². The van der Waals surface area contributed by atoms with Gasteiger partial charge in [0.15, 0.2) is 0 Å². The summed E-state index contributed by atoms with van der Waals surface area (Å²) in [5.74, 6) is 2.83. The Kier molecular flexibility index (Phi) is 4.03. The summed E-state index contributed by atoms with van der Waals surface area (Å²) in [6, 6.07) is 9.30. The second-order valence-corrected chi connectivity index (χ2v) is 6.87. The van der Waals surface area contributed by atoms with Gasteiger partial charge in [-0.25, -0.2) is 4.98 Å². The van der Waals surface area contributed by atoms with Crippen LogP contribution < -0.4 is 5.32 Å². The molecule has 1 N–H and O–H groups in total. The Hall–Kier alpha value is -1.35. The van der Waals surface area contributed by atoms with E-state index in [0.29, 0.717) is 12.1 Å². The molecule has 0 bridgehead atoms. The summed E-state index contributed by atoms with van der Waals surface area (Å²) in [5.41, 5.74) is 2.31. The molecule has 0 aliphatic heterocycles. The minimum absolute atomic E-state index is 0.299. The first-order chi connectivity index (χ1) is 10.1. The average Bonchev–Trinajstić information content (AvgIpc) is 2.81. The van der Waals surface area contributed by atoms with Crippen LogP contribution in [0.25, 0.3) is 11.0 Å². The van der Waals surface area contributed by atoms with Crippen molar-refractivity contribution in [1.82, 2.24) is 14.9 Å². The van der Waals surface area contributed by atoms with Crippen molar-refractivity contribution < 1.29 is 0 Å². The van der Waals surface area contributed by atoms with Crippen molar-refractivity contribution in [2.75, 3.05) is 0 Å². The standard InChI is InChI=1S/C18H27N3/c1-12-9-10-15(11-13(12)2)19-14(3)18-20-16-7-5-6-8-17(16)21(18)4/h5-8,12-15,19H,9-11H2,1-4H3. The molecular weight excluding hydrogens is 258 g/mol. The third-order valence-corrected chi connectivity index (χ3v) is 5.29. The molecule has 1 aromatic carbocycles. The molecule has 3 nitrogen and oxygen atoms in total. The summed E-state index contributed by atoms with van der Waals surface area (Å²) in [6.45, 7) is 7.01. The number of hydrogen-bond donors (Lipinski definition) is 1. The molecule has 3 heteroatoms. The number of para-hydroxylation sites is 2. The number of aryl methyl sites for hydroxylation is 1. The van der Waals surface area contributed by atoms with Gasteiger partial charge in [-0.05, 0) is 50.2 Å². The van der Waals surface area contributed by atoms with Crippen molar-refractivity contribution in [3.8, 4) is 0 Å². The summed E-state index contributed by atoms with van der Waals surface area (Å²) in [7, 11) is 2.12. The van der Waals surface area contributed by atoms with E-state index in [1.165, 1.54) is 24.8 Å². The largest absolute Gasteiger partial charge is 0.330 e. The molecule has 0 spiro atoms. The molecule has 1 aromatic heterocycles. The van der Waals surface area contributed by atoms with Gasteiger partial charge in [-0.3, -0.25) is 0 Å². The fraction of sp³-hybridized carbons (Fsp3) is 0.611. The van der Waals surface area contributed by atoms with Gasteiger partial charge in [-0.2, -0.15) is 0 Å². The molecule has 0 radical (unpaired) electrons. The highest BCUT2D eigenvalue weighted by Gasteiger charge is 2.26. The van der Waals surface area contributed by atoms with Gasteiger partial charge in [-0.1, -0.05) is 26.0 Å². The first kappa shape index (κ1) is 14.6. The van der Waals surface area contributed by atoms with Crippen LogP contribution in [0.4, 0.5) is 0 Å².